The molecular formula is C23H38F2O2. The van der Waals surface area contributed by atoms with Crippen molar-refractivity contribution in [3.63, 3.8) is 0 Å². The molecule has 3 aliphatic carbocycles. The molecule has 3 fully saturated rings. The lowest BCUT2D eigenvalue weighted by atomic mass is 9.68. The van der Waals surface area contributed by atoms with E-state index in [-0.39, 0.29) is 12.0 Å². The predicted octanol–water partition coefficient (Wildman–Crippen LogP) is 6.13. The summed E-state index contributed by atoms with van der Waals surface area (Å²) in [7, 11) is 0. The van der Waals surface area contributed by atoms with Gasteiger partial charge in [-0.1, -0.05) is 40.5 Å². The van der Waals surface area contributed by atoms with Gasteiger partial charge in [-0.05, 0) is 74.0 Å². The second-order valence-corrected chi connectivity index (χ2v) is 10.2. The van der Waals surface area contributed by atoms with Crippen molar-refractivity contribution in [2.75, 3.05) is 0 Å². The van der Waals surface area contributed by atoms with Crippen LogP contribution >= 0.6 is 0 Å². The fourth-order valence-electron chi connectivity index (χ4n) is 5.89. The Kier molecular flexibility index (Phi) is 6.84. The van der Waals surface area contributed by atoms with Gasteiger partial charge in [0.2, 0.25) is 0 Å². The van der Waals surface area contributed by atoms with Crippen molar-refractivity contribution < 1.29 is 18.3 Å². The van der Waals surface area contributed by atoms with Gasteiger partial charge in [-0.3, -0.25) is 4.79 Å². The highest BCUT2D eigenvalue weighted by atomic mass is 19.1. The molecule has 0 radical (unpaired) electrons. The Labute approximate surface area is 163 Å². The molecule has 0 aromatic rings. The van der Waals surface area contributed by atoms with Gasteiger partial charge in [0.05, 0.1) is 0 Å². The van der Waals surface area contributed by atoms with Gasteiger partial charge in [0.25, 0.3) is 0 Å². The van der Waals surface area contributed by atoms with Gasteiger partial charge in [0.15, 0.2) is 0 Å². The van der Waals surface area contributed by atoms with Crippen molar-refractivity contribution in [1.82, 2.24) is 0 Å². The van der Waals surface area contributed by atoms with Crippen molar-refractivity contribution in [3.8, 4) is 0 Å². The Balaban J connectivity index is 1.55. The standard InChI is InChI=1S/C23H38F2O2/c1-13-5-7-17(8-6-13)18-11-20(24)22(21(25)12-18)23(26)27-19-9-14(2)16(4)15(3)10-19/h13-22H,5-12H2,1-4H3. The molecule has 0 aromatic heterocycles. The van der Waals surface area contributed by atoms with Crippen LogP contribution in [0.4, 0.5) is 8.78 Å². The van der Waals surface area contributed by atoms with E-state index in [1.54, 1.807) is 0 Å². The van der Waals surface area contributed by atoms with Crippen LogP contribution in [0.5, 0.6) is 0 Å². The Hall–Kier alpha value is -0.670. The second-order valence-electron chi connectivity index (χ2n) is 10.2. The van der Waals surface area contributed by atoms with Crippen molar-refractivity contribution in [2.24, 2.45) is 41.4 Å². The van der Waals surface area contributed by atoms with Gasteiger partial charge in [-0.2, -0.15) is 0 Å². The zero-order valence-corrected chi connectivity index (χ0v) is 17.5. The first-order valence-corrected chi connectivity index (χ1v) is 11.2. The molecule has 156 valence electrons. The van der Waals surface area contributed by atoms with E-state index in [1.807, 2.05) is 0 Å². The first kappa shape index (κ1) is 21.0. The van der Waals surface area contributed by atoms with Gasteiger partial charge in [-0.15, -0.1) is 0 Å². The van der Waals surface area contributed by atoms with E-state index in [2.05, 4.69) is 27.7 Å². The van der Waals surface area contributed by atoms with Gasteiger partial charge in [0.1, 0.15) is 24.4 Å². The van der Waals surface area contributed by atoms with Crippen LogP contribution in [0, 0.1) is 41.4 Å². The molecule has 3 saturated carbocycles. The minimum absolute atomic E-state index is 0.0853. The molecule has 2 nitrogen and oxygen atoms in total. The Bertz CT molecular complexity index is 479. The number of rotatable bonds is 3. The van der Waals surface area contributed by atoms with Crippen LogP contribution in [0.3, 0.4) is 0 Å². The van der Waals surface area contributed by atoms with E-state index >= 15 is 0 Å². The summed E-state index contributed by atoms with van der Waals surface area (Å²) in [5.74, 6) is 0.933. The largest absolute Gasteiger partial charge is 0.462 e. The van der Waals surface area contributed by atoms with Crippen LogP contribution in [0.15, 0.2) is 0 Å². The van der Waals surface area contributed by atoms with Crippen molar-refractivity contribution in [3.05, 3.63) is 0 Å². The fraction of sp³-hybridized carbons (Fsp3) is 0.957. The van der Waals surface area contributed by atoms with Gasteiger partial charge in [0, 0.05) is 0 Å². The van der Waals surface area contributed by atoms with Crippen molar-refractivity contribution in [1.29, 1.82) is 0 Å². The number of hydrogen-bond acceptors (Lipinski definition) is 2. The molecule has 0 spiro atoms. The molecule has 4 heteroatoms. The molecule has 3 aliphatic rings. The molecule has 27 heavy (non-hydrogen) atoms. The molecule has 0 heterocycles. The summed E-state index contributed by atoms with van der Waals surface area (Å²) in [6.45, 7) is 8.84. The maximum atomic E-state index is 14.9. The lowest BCUT2D eigenvalue weighted by Gasteiger charge is -2.41. The topological polar surface area (TPSA) is 26.3 Å². The lowest BCUT2D eigenvalue weighted by molar-refractivity contribution is -0.166. The fourth-order valence-corrected chi connectivity index (χ4v) is 5.89. The second kappa shape index (κ2) is 8.78. The van der Waals surface area contributed by atoms with Crippen LogP contribution in [0.1, 0.15) is 79.1 Å². The van der Waals surface area contributed by atoms with Crippen LogP contribution in [0.25, 0.3) is 0 Å². The summed E-state index contributed by atoms with van der Waals surface area (Å²) >= 11 is 0. The SMILES string of the molecule is CC1CCC(C2CC(F)C(C(=O)OC3CC(C)C(C)C(C)C3)C(F)C2)CC1. The number of ether oxygens (including phenoxy) is 1. The summed E-state index contributed by atoms with van der Waals surface area (Å²) in [6.07, 6.45) is 3.77. The predicted molar refractivity (Wildman–Crippen MR) is 104 cm³/mol. The summed E-state index contributed by atoms with van der Waals surface area (Å²) in [4.78, 5) is 12.6. The monoisotopic (exact) mass is 384 g/mol. The number of carbonyl (C=O) groups excluding carboxylic acids is 1. The molecular weight excluding hydrogens is 346 g/mol. The summed E-state index contributed by atoms with van der Waals surface area (Å²) in [5, 5.41) is 0. The highest BCUT2D eigenvalue weighted by molar-refractivity contribution is 5.74. The van der Waals surface area contributed by atoms with Crippen LogP contribution in [-0.2, 0) is 9.53 Å². The Morgan fingerprint density at radius 2 is 1.30 bits per heavy atom. The quantitative estimate of drug-likeness (QED) is 0.547. The van der Waals surface area contributed by atoms with E-state index in [4.69, 9.17) is 4.74 Å². The van der Waals surface area contributed by atoms with Crippen LogP contribution in [-0.4, -0.2) is 24.4 Å². The Morgan fingerprint density at radius 1 is 0.778 bits per heavy atom. The zero-order valence-electron chi connectivity index (χ0n) is 17.5. The van der Waals surface area contributed by atoms with Crippen LogP contribution in [0.2, 0.25) is 0 Å². The van der Waals surface area contributed by atoms with Gasteiger partial charge in [-0.25, -0.2) is 8.78 Å². The first-order chi connectivity index (χ1) is 12.8. The normalized spacial score (nSPS) is 48.8. The highest BCUT2D eigenvalue weighted by Gasteiger charge is 2.47. The molecule has 4 atom stereocenters. The molecule has 4 unspecified atom stereocenters. The minimum Gasteiger partial charge on any atom is -0.462 e. The zero-order chi connectivity index (χ0) is 19.7. The Morgan fingerprint density at radius 3 is 1.81 bits per heavy atom. The molecule has 0 aromatic carbocycles. The average molecular weight is 385 g/mol. The summed E-state index contributed by atoms with van der Waals surface area (Å²) < 4.78 is 35.4. The number of carbonyl (C=O) groups is 1. The van der Waals surface area contributed by atoms with Gasteiger partial charge >= 0.3 is 5.97 Å². The molecule has 0 saturated heterocycles. The maximum Gasteiger partial charge on any atom is 0.315 e. The average Bonchev–Trinajstić information content (AvgIpc) is 2.59. The number of alkyl halides is 2. The maximum absolute atomic E-state index is 14.9. The lowest BCUT2D eigenvalue weighted by Crippen LogP contribution is -2.45. The third kappa shape index (κ3) is 4.85. The van der Waals surface area contributed by atoms with Crippen molar-refractivity contribution >= 4 is 5.97 Å². The third-order valence-electron chi connectivity index (χ3n) is 8.18. The third-order valence-corrected chi connectivity index (χ3v) is 8.18. The van der Waals surface area contributed by atoms with Crippen molar-refractivity contribution in [2.45, 2.75) is 97.5 Å². The van der Waals surface area contributed by atoms with Crippen LogP contribution < -0.4 is 0 Å². The number of hydrogen-bond donors (Lipinski definition) is 0. The minimum atomic E-state index is -1.40. The summed E-state index contributed by atoms with van der Waals surface area (Å²) in [6, 6.07) is 0. The van der Waals surface area contributed by atoms with E-state index in [0.717, 1.165) is 44.4 Å². The van der Waals surface area contributed by atoms with E-state index in [1.165, 1.54) is 0 Å². The molecule has 3 rings (SSSR count). The van der Waals surface area contributed by atoms with E-state index < -0.39 is 24.2 Å². The molecule has 0 N–H and O–H groups in total. The number of esters is 1. The number of halogens is 2. The summed E-state index contributed by atoms with van der Waals surface area (Å²) in [5.41, 5.74) is 0. The molecule has 0 bridgehead atoms. The highest BCUT2D eigenvalue weighted by Crippen LogP contribution is 2.44. The van der Waals surface area contributed by atoms with E-state index in [9.17, 15) is 13.6 Å². The molecule has 0 amide bonds. The molecule has 0 aliphatic heterocycles. The first-order valence-electron chi connectivity index (χ1n) is 11.2. The van der Waals surface area contributed by atoms with E-state index in [0.29, 0.717) is 36.5 Å². The smallest absolute Gasteiger partial charge is 0.315 e. The van der Waals surface area contributed by atoms with Gasteiger partial charge < -0.3 is 4.74 Å².